The van der Waals surface area contributed by atoms with E-state index in [2.05, 4.69) is 71.2 Å². The molecular formula is C27H25IN2O. The number of para-hydroxylation sites is 1. The second-order valence-electron chi connectivity index (χ2n) is 7.63. The highest BCUT2D eigenvalue weighted by Crippen LogP contribution is 2.28. The molecule has 0 aliphatic carbocycles. The Morgan fingerprint density at radius 3 is 2.45 bits per heavy atom. The number of benzene rings is 3. The lowest BCUT2D eigenvalue weighted by Gasteiger charge is -2.19. The van der Waals surface area contributed by atoms with E-state index in [1.54, 1.807) is 0 Å². The van der Waals surface area contributed by atoms with Crippen molar-refractivity contribution in [2.75, 3.05) is 0 Å². The minimum Gasteiger partial charge on any atom is -0.351 e. The van der Waals surface area contributed by atoms with Crippen LogP contribution in [0.2, 0.25) is 0 Å². The number of nitrogens with zero attached hydrogens (tertiary/aromatic N) is 1. The van der Waals surface area contributed by atoms with Crippen LogP contribution in [-0.4, -0.2) is 10.9 Å². The highest BCUT2D eigenvalue weighted by Gasteiger charge is 2.22. The van der Waals surface area contributed by atoms with Gasteiger partial charge in [-0.05, 0) is 58.3 Å². The zero-order valence-corrected chi connectivity index (χ0v) is 19.7. The maximum atomic E-state index is 13.2. The van der Waals surface area contributed by atoms with Gasteiger partial charge < -0.3 is 5.32 Å². The molecule has 3 aromatic carbocycles. The molecule has 0 saturated carbocycles. The third-order valence-corrected chi connectivity index (χ3v) is 6.48. The molecule has 0 radical (unpaired) electrons. The molecule has 3 nitrogen and oxygen atoms in total. The molecule has 1 aromatic heterocycles. The summed E-state index contributed by atoms with van der Waals surface area (Å²) < 4.78 is 1.13. The fourth-order valence-corrected chi connectivity index (χ4v) is 4.69. The maximum Gasteiger partial charge on any atom is 0.227 e. The van der Waals surface area contributed by atoms with Crippen LogP contribution in [0.5, 0.6) is 0 Å². The van der Waals surface area contributed by atoms with Crippen LogP contribution < -0.4 is 5.32 Å². The third-order valence-electron chi connectivity index (χ3n) is 5.50. The summed E-state index contributed by atoms with van der Waals surface area (Å²) in [7, 11) is 0. The number of amides is 1. The van der Waals surface area contributed by atoms with E-state index in [4.69, 9.17) is 4.98 Å². The smallest absolute Gasteiger partial charge is 0.227 e. The molecule has 0 saturated heterocycles. The number of rotatable bonds is 7. The van der Waals surface area contributed by atoms with Gasteiger partial charge in [0.05, 0.1) is 17.1 Å². The molecule has 1 unspecified atom stereocenters. The molecule has 0 fully saturated rings. The zero-order valence-electron chi connectivity index (χ0n) is 17.5. The minimum absolute atomic E-state index is 0.0770. The van der Waals surface area contributed by atoms with Crippen molar-refractivity contribution < 1.29 is 4.79 Å². The van der Waals surface area contributed by atoms with E-state index in [0.29, 0.717) is 6.54 Å². The van der Waals surface area contributed by atoms with Gasteiger partial charge in [0.1, 0.15) is 0 Å². The van der Waals surface area contributed by atoms with Gasteiger partial charge in [-0.2, -0.15) is 0 Å². The van der Waals surface area contributed by atoms with Crippen LogP contribution in [0, 0.1) is 3.57 Å². The lowest BCUT2D eigenvalue weighted by molar-refractivity contribution is -0.122. The Bertz CT molecular complexity index is 1190. The second-order valence-corrected chi connectivity index (χ2v) is 8.79. The first-order chi connectivity index (χ1) is 15.2. The van der Waals surface area contributed by atoms with Crippen molar-refractivity contribution in [1.29, 1.82) is 0 Å². The summed E-state index contributed by atoms with van der Waals surface area (Å²) in [5.41, 5.74) is 5.12. The summed E-state index contributed by atoms with van der Waals surface area (Å²) in [5.74, 6) is -0.0621. The van der Waals surface area contributed by atoms with Crippen molar-refractivity contribution in [1.82, 2.24) is 10.3 Å². The van der Waals surface area contributed by atoms with Crippen molar-refractivity contribution in [3.05, 3.63) is 99.6 Å². The highest BCUT2D eigenvalue weighted by molar-refractivity contribution is 14.1. The quantitative estimate of drug-likeness (QED) is 0.276. The maximum absolute atomic E-state index is 13.2. The van der Waals surface area contributed by atoms with E-state index in [9.17, 15) is 4.79 Å². The number of pyridine rings is 1. The molecular weight excluding hydrogens is 495 g/mol. The Hall–Kier alpha value is -2.73. The predicted octanol–water partition coefficient (Wildman–Crippen LogP) is 6.71. The molecule has 0 aliphatic rings. The Morgan fingerprint density at radius 1 is 0.968 bits per heavy atom. The van der Waals surface area contributed by atoms with Crippen LogP contribution >= 0.6 is 22.6 Å². The second kappa shape index (κ2) is 10.1. The number of nitrogens with one attached hydrogen (secondary N) is 1. The van der Waals surface area contributed by atoms with Crippen LogP contribution in [0.25, 0.3) is 22.2 Å². The van der Waals surface area contributed by atoms with Crippen LogP contribution in [-0.2, 0) is 11.3 Å². The third kappa shape index (κ3) is 4.96. The SMILES string of the molecule is CCCC(C(=O)NCc1cc(-c2ccccc2)nc2ccccc12)c1ccccc1I. The van der Waals surface area contributed by atoms with Gasteiger partial charge in [0.2, 0.25) is 5.91 Å². The van der Waals surface area contributed by atoms with Gasteiger partial charge in [-0.3, -0.25) is 4.79 Å². The Morgan fingerprint density at radius 2 is 1.68 bits per heavy atom. The normalized spacial score (nSPS) is 11.9. The minimum atomic E-state index is -0.139. The summed E-state index contributed by atoms with van der Waals surface area (Å²) in [5, 5.41) is 4.28. The van der Waals surface area contributed by atoms with E-state index < -0.39 is 0 Å². The molecule has 1 heterocycles. The molecule has 4 rings (SSSR count). The van der Waals surface area contributed by atoms with Crippen LogP contribution in [0.1, 0.15) is 36.8 Å². The van der Waals surface area contributed by atoms with Crippen molar-refractivity contribution in [3.8, 4) is 11.3 Å². The molecule has 31 heavy (non-hydrogen) atoms. The van der Waals surface area contributed by atoms with E-state index >= 15 is 0 Å². The molecule has 156 valence electrons. The standard InChI is InChI=1S/C27H25IN2O/c1-2-10-23(22-14-6-8-15-24(22)28)27(31)29-18-20-17-26(19-11-4-3-5-12-19)30-25-16-9-7-13-21(20)25/h3-9,11-17,23H,2,10,18H2,1H3,(H,29,31). The summed E-state index contributed by atoms with van der Waals surface area (Å²) in [6.07, 6.45) is 1.79. The van der Waals surface area contributed by atoms with Crippen LogP contribution in [0.3, 0.4) is 0 Å². The number of fused-ring (bicyclic) bond motifs is 1. The van der Waals surface area contributed by atoms with Gasteiger partial charge in [-0.15, -0.1) is 0 Å². The molecule has 4 heteroatoms. The van der Waals surface area contributed by atoms with E-state index in [-0.39, 0.29) is 11.8 Å². The molecule has 1 N–H and O–H groups in total. The summed E-state index contributed by atoms with van der Waals surface area (Å²) in [4.78, 5) is 18.1. The van der Waals surface area contributed by atoms with Gasteiger partial charge in [0.25, 0.3) is 0 Å². The Labute approximate surface area is 197 Å². The first-order valence-corrected chi connectivity index (χ1v) is 11.7. The number of carbonyl (C=O) groups excluding carboxylic acids is 1. The number of hydrogen-bond donors (Lipinski definition) is 1. The van der Waals surface area contributed by atoms with Crippen molar-refractivity contribution in [3.63, 3.8) is 0 Å². The average Bonchev–Trinajstić information content (AvgIpc) is 2.82. The van der Waals surface area contributed by atoms with E-state index in [1.807, 2.05) is 48.5 Å². The lowest BCUT2D eigenvalue weighted by Crippen LogP contribution is -2.29. The summed E-state index contributed by atoms with van der Waals surface area (Å²) >= 11 is 2.32. The zero-order chi connectivity index (χ0) is 21.6. The van der Waals surface area contributed by atoms with Gasteiger partial charge in [0.15, 0.2) is 0 Å². The van der Waals surface area contributed by atoms with E-state index in [0.717, 1.165) is 49.7 Å². The Balaban J connectivity index is 1.63. The number of halogens is 1. The first-order valence-electron chi connectivity index (χ1n) is 10.6. The number of aromatic nitrogens is 1. The monoisotopic (exact) mass is 520 g/mol. The van der Waals surface area contributed by atoms with Crippen molar-refractivity contribution in [2.24, 2.45) is 0 Å². The lowest BCUT2D eigenvalue weighted by atomic mass is 9.93. The molecule has 0 aliphatic heterocycles. The highest BCUT2D eigenvalue weighted by atomic mass is 127. The average molecular weight is 520 g/mol. The fraction of sp³-hybridized carbons (Fsp3) is 0.185. The van der Waals surface area contributed by atoms with Gasteiger partial charge in [-0.1, -0.05) is 80.1 Å². The molecule has 0 spiro atoms. The molecule has 1 amide bonds. The molecule has 1 atom stereocenters. The number of hydrogen-bond acceptors (Lipinski definition) is 2. The van der Waals surface area contributed by atoms with Crippen molar-refractivity contribution >= 4 is 39.4 Å². The topological polar surface area (TPSA) is 42.0 Å². The van der Waals surface area contributed by atoms with Crippen LogP contribution in [0.15, 0.2) is 84.9 Å². The van der Waals surface area contributed by atoms with Crippen molar-refractivity contribution in [2.45, 2.75) is 32.2 Å². The largest absolute Gasteiger partial charge is 0.351 e. The summed E-state index contributed by atoms with van der Waals surface area (Å²) in [6.45, 7) is 2.60. The van der Waals surface area contributed by atoms with E-state index in [1.165, 1.54) is 0 Å². The van der Waals surface area contributed by atoms with Crippen LogP contribution in [0.4, 0.5) is 0 Å². The molecule has 0 bridgehead atoms. The fourth-order valence-electron chi connectivity index (χ4n) is 3.93. The predicted molar refractivity (Wildman–Crippen MR) is 136 cm³/mol. The first kappa shape index (κ1) is 21.5. The summed E-state index contributed by atoms with van der Waals surface area (Å²) in [6, 6.07) is 28.5. The van der Waals surface area contributed by atoms with Gasteiger partial charge in [-0.25, -0.2) is 4.98 Å². The van der Waals surface area contributed by atoms with Gasteiger partial charge in [0, 0.05) is 21.1 Å². The molecule has 4 aromatic rings. The Kier molecular flexibility index (Phi) is 6.97. The number of carbonyl (C=O) groups is 1. The van der Waals surface area contributed by atoms with Gasteiger partial charge >= 0.3 is 0 Å².